The number of halogens is 3. The van der Waals surface area contributed by atoms with Gasteiger partial charge in [0.05, 0.1) is 12.2 Å². The van der Waals surface area contributed by atoms with E-state index in [1.54, 1.807) is 13.8 Å². The Labute approximate surface area is 109 Å². The van der Waals surface area contributed by atoms with Crippen LogP contribution in [0.3, 0.4) is 0 Å². The fourth-order valence-corrected chi connectivity index (χ4v) is 1.59. The average molecular weight is 276 g/mol. The highest BCUT2D eigenvalue weighted by Crippen LogP contribution is 2.30. The van der Waals surface area contributed by atoms with Gasteiger partial charge in [-0.1, -0.05) is 19.1 Å². The number of hydrogen-bond acceptors (Lipinski definition) is 3. The number of alkyl halides is 3. The van der Waals surface area contributed by atoms with E-state index in [2.05, 4.69) is 4.74 Å². The molecule has 6 heteroatoms. The summed E-state index contributed by atoms with van der Waals surface area (Å²) in [5, 5.41) is 9.70. The van der Waals surface area contributed by atoms with E-state index in [0.717, 1.165) is 12.1 Å². The predicted molar refractivity (Wildman–Crippen MR) is 62.5 cm³/mol. The Balaban J connectivity index is 2.83. The van der Waals surface area contributed by atoms with E-state index in [-0.39, 0.29) is 6.61 Å². The maximum absolute atomic E-state index is 12.4. The normalized spacial score (nSPS) is 14.8. The van der Waals surface area contributed by atoms with Gasteiger partial charge in [0.25, 0.3) is 0 Å². The Hall–Kier alpha value is -1.56. The van der Waals surface area contributed by atoms with E-state index in [0.29, 0.717) is 5.56 Å². The summed E-state index contributed by atoms with van der Waals surface area (Å²) in [6.07, 6.45) is -5.79. The van der Waals surface area contributed by atoms with Gasteiger partial charge in [-0.05, 0) is 24.6 Å². The molecule has 0 bridgehead atoms. The molecular formula is C13H15F3O3. The van der Waals surface area contributed by atoms with Crippen molar-refractivity contribution in [1.82, 2.24) is 0 Å². The molecule has 0 aliphatic carbocycles. The second kappa shape index (κ2) is 6.06. The molecule has 3 nitrogen and oxygen atoms in total. The number of aliphatic hydroxyl groups is 1. The lowest BCUT2D eigenvalue weighted by atomic mass is 9.94. The summed E-state index contributed by atoms with van der Waals surface area (Å²) in [5.41, 5.74) is -0.331. The molecule has 0 amide bonds. The van der Waals surface area contributed by atoms with Crippen LogP contribution in [0.4, 0.5) is 13.2 Å². The summed E-state index contributed by atoms with van der Waals surface area (Å²) in [5.74, 6) is -1.42. The molecule has 0 aliphatic heterocycles. The minimum absolute atomic E-state index is 0.135. The van der Waals surface area contributed by atoms with Gasteiger partial charge >= 0.3 is 12.1 Å². The minimum Gasteiger partial charge on any atom is -0.464 e. The van der Waals surface area contributed by atoms with E-state index in [9.17, 15) is 23.1 Å². The highest BCUT2D eigenvalue weighted by molar-refractivity contribution is 5.75. The molecule has 2 atom stereocenters. The third-order valence-corrected chi connectivity index (χ3v) is 2.77. The van der Waals surface area contributed by atoms with Gasteiger partial charge in [0, 0.05) is 5.92 Å². The number of carbonyl (C=O) groups excluding carboxylic acids is 1. The topological polar surface area (TPSA) is 46.5 Å². The zero-order valence-corrected chi connectivity index (χ0v) is 10.6. The average Bonchev–Trinajstić information content (AvgIpc) is 2.36. The smallest absolute Gasteiger partial charge is 0.416 e. The van der Waals surface area contributed by atoms with Gasteiger partial charge in [0.15, 0.2) is 6.10 Å². The van der Waals surface area contributed by atoms with E-state index in [1.165, 1.54) is 12.1 Å². The Bertz CT molecular complexity index is 426. The van der Waals surface area contributed by atoms with Crippen LogP contribution in [-0.2, 0) is 15.7 Å². The first-order valence-corrected chi connectivity index (χ1v) is 5.79. The molecule has 0 saturated heterocycles. The van der Waals surface area contributed by atoms with Gasteiger partial charge in [-0.2, -0.15) is 13.2 Å². The molecule has 1 aromatic rings. The van der Waals surface area contributed by atoms with E-state index >= 15 is 0 Å². The summed E-state index contributed by atoms with van der Waals surface area (Å²) in [7, 11) is 0. The van der Waals surface area contributed by atoms with Crippen LogP contribution in [0.2, 0.25) is 0 Å². The number of aliphatic hydroxyl groups excluding tert-OH is 1. The lowest BCUT2D eigenvalue weighted by Crippen LogP contribution is -2.28. The fourth-order valence-electron chi connectivity index (χ4n) is 1.59. The van der Waals surface area contributed by atoms with Crippen LogP contribution >= 0.6 is 0 Å². The summed E-state index contributed by atoms with van der Waals surface area (Å²) in [6.45, 7) is 3.28. The zero-order chi connectivity index (χ0) is 14.6. The summed E-state index contributed by atoms with van der Waals surface area (Å²) in [6, 6.07) is 4.33. The number of carbonyl (C=O) groups is 1. The molecule has 2 unspecified atom stereocenters. The first-order valence-electron chi connectivity index (χ1n) is 5.79. The summed E-state index contributed by atoms with van der Waals surface area (Å²) >= 11 is 0. The Morgan fingerprint density at radius 3 is 2.26 bits per heavy atom. The van der Waals surface area contributed by atoms with Crippen molar-refractivity contribution in [1.29, 1.82) is 0 Å². The third kappa shape index (κ3) is 3.96. The summed E-state index contributed by atoms with van der Waals surface area (Å²) in [4.78, 5) is 11.3. The SMILES string of the molecule is CCOC(=O)C(O)C(C)c1ccc(C(F)(F)F)cc1. The molecule has 0 spiro atoms. The standard InChI is InChI=1S/C13H15F3O3/c1-3-19-12(18)11(17)8(2)9-4-6-10(7-5-9)13(14,15)16/h4-8,11,17H,3H2,1-2H3. The predicted octanol–water partition coefficient (Wildman–Crippen LogP) is 2.73. The highest BCUT2D eigenvalue weighted by atomic mass is 19.4. The Kier molecular flexibility index (Phi) is 4.94. The number of esters is 1. The van der Waals surface area contributed by atoms with Crippen molar-refractivity contribution in [3.05, 3.63) is 35.4 Å². The van der Waals surface area contributed by atoms with Crippen LogP contribution in [0.5, 0.6) is 0 Å². The van der Waals surface area contributed by atoms with Crippen LogP contribution in [0.1, 0.15) is 30.9 Å². The fraction of sp³-hybridized carbons (Fsp3) is 0.462. The van der Waals surface area contributed by atoms with Gasteiger partial charge < -0.3 is 9.84 Å². The van der Waals surface area contributed by atoms with Crippen LogP contribution in [0, 0.1) is 0 Å². The second-order valence-corrected chi connectivity index (χ2v) is 4.11. The highest BCUT2D eigenvalue weighted by Gasteiger charge is 2.31. The molecule has 0 saturated carbocycles. The van der Waals surface area contributed by atoms with Crippen molar-refractivity contribution >= 4 is 5.97 Å². The molecule has 0 fully saturated rings. The quantitative estimate of drug-likeness (QED) is 0.860. The van der Waals surface area contributed by atoms with Gasteiger partial charge in [0.1, 0.15) is 0 Å². The Morgan fingerprint density at radius 1 is 1.32 bits per heavy atom. The lowest BCUT2D eigenvalue weighted by molar-refractivity contribution is -0.154. The zero-order valence-electron chi connectivity index (χ0n) is 10.6. The minimum atomic E-state index is -4.40. The van der Waals surface area contributed by atoms with Crippen LogP contribution in [-0.4, -0.2) is 23.8 Å². The number of ether oxygens (including phenoxy) is 1. The van der Waals surface area contributed by atoms with E-state index in [1.807, 2.05) is 0 Å². The van der Waals surface area contributed by atoms with Crippen molar-refractivity contribution in [2.45, 2.75) is 32.0 Å². The van der Waals surface area contributed by atoms with Gasteiger partial charge in [-0.25, -0.2) is 4.79 Å². The maximum atomic E-state index is 12.4. The molecule has 0 heterocycles. The van der Waals surface area contributed by atoms with Gasteiger partial charge in [-0.3, -0.25) is 0 Å². The Morgan fingerprint density at radius 2 is 1.84 bits per heavy atom. The molecular weight excluding hydrogens is 261 g/mol. The van der Waals surface area contributed by atoms with Crippen molar-refractivity contribution < 1.29 is 27.8 Å². The largest absolute Gasteiger partial charge is 0.464 e. The monoisotopic (exact) mass is 276 g/mol. The van der Waals surface area contributed by atoms with Gasteiger partial charge in [0.2, 0.25) is 0 Å². The molecule has 1 rings (SSSR count). The van der Waals surface area contributed by atoms with Crippen molar-refractivity contribution in [3.8, 4) is 0 Å². The molecule has 1 aromatic carbocycles. The second-order valence-electron chi connectivity index (χ2n) is 4.11. The van der Waals surface area contributed by atoms with Gasteiger partial charge in [-0.15, -0.1) is 0 Å². The third-order valence-electron chi connectivity index (χ3n) is 2.77. The number of benzene rings is 1. The summed E-state index contributed by atoms with van der Waals surface area (Å²) < 4.78 is 41.8. The van der Waals surface area contributed by atoms with Crippen molar-refractivity contribution in [2.75, 3.05) is 6.61 Å². The molecule has 106 valence electrons. The van der Waals surface area contributed by atoms with Crippen LogP contribution in [0.15, 0.2) is 24.3 Å². The molecule has 0 radical (unpaired) electrons. The maximum Gasteiger partial charge on any atom is 0.416 e. The molecule has 0 aliphatic rings. The number of hydrogen-bond donors (Lipinski definition) is 1. The van der Waals surface area contributed by atoms with Crippen molar-refractivity contribution in [2.24, 2.45) is 0 Å². The van der Waals surface area contributed by atoms with Crippen LogP contribution < -0.4 is 0 Å². The number of rotatable bonds is 4. The van der Waals surface area contributed by atoms with Crippen LogP contribution in [0.25, 0.3) is 0 Å². The lowest BCUT2D eigenvalue weighted by Gasteiger charge is -2.18. The van der Waals surface area contributed by atoms with Crippen molar-refractivity contribution in [3.63, 3.8) is 0 Å². The first kappa shape index (κ1) is 15.5. The molecule has 0 aromatic heterocycles. The molecule has 19 heavy (non-hydrogen) atoms. The first-order chi connectivity index (χ1) is 8.77. The van der Waals surface area contributed by atoms with E-state index in [4.69, 9.17) is 0 Å². The van der Waals surface area contributed by atoms with E-state index < -0.39 is 29.7 Å². The molecule has 1 N–H and O–H groups in total.